The van der Waals surface area contributed by atoms with E-state index in [0.717, 1.165) is 5.56 Å². The summed E-state index contributed by atoms with van der Waals surface area (Å²) in [6, 6.07) is 8.95. The molecular formula is C16H16N2O3. The number of carbonyl (C=O) groups excluding carboxylic acids is 2. The molecule has 21 heavy (non-hydrogen) atoms. The molecule has 0 unspecified atom stereocenters. The zero-order valence-corrected chi connectivity index (χ0v) is 12.0. The van der Waals surface area contributed by atoms with Gasteiger partial charge in [0, 0.05) is 18.0 Å². The second-order valence-electron chi connectivity index (χ2n) is 4.80. The van der Waals surface area contributed by atoms with E-state index in [0.29, 0.717) is 16.8 Å². The van der Waals surface area contributed by atoms with Crippen molar-refractivity contribution in [3.8, 4) is 6.07 Å². The summed E-state index contributed by atoms with van der Waals surface area (Å²) in [5.74, 6) is -0.884. The van der Waals surface area contributed by atoms with Crippen LogP contribution in [0.1, 0.15) is 37.3 Å². The van der Waals surface area contributed by atoms with Crippen molar-refractivity contribution in [2.24, 2.45) is 0 Å². The molecule has 0 saturated heterocycles. The van der Waals surface area contributed by atoms with E-state index in [2.05, 4.69) is 5.32 Å². The van der Waals surface area contributed by atoms with Crippen molar-refractivity contribution in [2.45, 2.75) is 26.2 Å². The fraction of sp³-hybridized carbons (Fsp3) is 0.312. The highest BCUT2D eigenvalue weighted by molar-refractivity contribution is 5.95. The van der Waals surface area contributed by atoms with Gasteiger partial charge in [0.15, 0.2) is 0 Å². The Morgan fingerprint density at radius 3 is 2.67 bits per heavy atom. The first-order chi connectivity index (χ1) is 10.1. The lowest BCUT2D eigenvalue weighted by atomic mass is 9.84. The summed E-state index contributed by atoms with van der Waals surface area (Å²) in [6.45, 7) is 3.72. The molecule has 1 aliphatic heterocycles. The van der Waals surface area contributed by atoms with Crippen LogP contribution in [0.25, 0.3) is 0 Å². The molecule has 0 spiro atoms. The second-order valence-corrected chi connectivity index (χ2v) is 4.80. The molecule has 5 nitrogen and oxygen atoms in total. The number of amides is 1. The Bertz CT molecular complexity index is 638. The highest BCUT2D eigenvalue weighted by atomic mass is 16.5. The van der Waals surface area contributed by atoms with Crippen molar-refractivity contribution >= 4 is 11.9 Å². The number of allylic oxidation sites excluding steroid dienone is 1. The molecule has 0 aliphatic carbocycles. The number of hydrogen-bond acceptors (Lipinski definition) is 4. The quantitative estimate of drug-likeness (QED) is 0.861. The minimum absolute atomic E-state index is 0.130. The van der Waals surface area contributed by atoms with Gasteiger partial charge in [0.05, 0.1) is 23.8 Å². The van der Waals surface area contributed by atoms with Gasteiger partial charge in [-0.2, -0.15) is 5.26 Å². The van der Waals surface area contributed by atoms with Gasteiger partial charge in [-0.25, -0.2) is 4.79 Å². The molecule has 5 heteroatoms. The molecule has 1 aromatic carbocycles. The van der Waals surface area contributed by atoms with E-state index in [9.17, 15) is 9.59 Å². The van der Waals surface area contributed by atoms with Gasteiger partial charge in [-0.1, -0.05) is 12.1 Å². The van der Waals surface area contributed by atoms with Crippen LogP contribution in [0, 0.1) is 11.3 Å². The van der Waals surface area contributed by atoms with E-state index in [4.69, 9.17) is 10.00 Å². The van der Waals surface area contributed by atoms with Gasteiger partial charge < -0.3 is 10.1 Å². The van der Waals surface area contributed by atoms with Crippen molar-refractivity contribution in [3.05, 3.63) is 46.7 Å². The molecule has 0 radical (unpaired) electrons. The Hall–Kier alpha value is -2.61. The Morgan fingerprint density at radius 2 is 2.10 bits per heavy atom. The molecule has 108 valence electrons. The fourth-order valence-corrected chi connectivity index (χ4v) is 2.45. The molecule has 1 aromatic rings. The zero-order chi connectivity index (χ0) is 15.4. The number of esters is 1. The van der Waals surface area contributed by atoms with E-state index in [1.54, 1.807) is 38.1 Å². The number of nitrogens with one attached hydrogen (secondary N) is 1. The van der Waals surface area contributed by atoms with Gasteiger partial charge in [-0.15, -0.1) is 0 Å². The molecule has 0 aromatic heterocycles. The van der Waals surface area contributed by atoms with Gasteiger partial charge in [0.2, 0.25) is 5.91 Å². The normalized spacial score (nSPS) is 18.0. The number of benzene rings is 1. The first-order valence-electron chi connectivity index (χ1n) is 6.74. The lowest BCUT2D eigenvalue weighted by Gasteiger charge is -2.26. The summed E-state index contributed by atoms with van der Waals surface area (Å²) < 4.78 is 5.08. The Labute approximate surface area is 123 Å². The van der Waals surface area contributed by atoms with E-state index in [1.807, 2.05) is 6.07 Å². The van der Waals surface area contributed by atoms with Crippen LogP contribution in [0.2, 0.25) is 0 Å². The smallest absolute Gasteiger partial charge is 0.336 e. The average Bonchev–Trinajstić information content (AvgIpc) is 2.46. The van der Waals surface area contributed by atoms with Crippen LogP contribution < -0.4 is 5.32 Å². The molecule has 2 rings (SSSR count). The molecule has 0 saturated carbocycles. The topological polar surface area (TPSA) is 79.2 Å². The first-order valence-corrected chi connectivity index (χ1v) is 6.74. The summed E-state index contributed by atoms with van der Waals surface area (Å²) in [4.78, 5) is 23.9. The molecule has 1 heterocycles. The second kappa shape index (κ2) is 6.23. The molecule has 0 bridgehead atoms. The highest BCUT2D eigenvalue weighted by Gasteiger charge is 2.32. The van der Waals surface area contributed by atoms with Crippen molar-refractivity contribution in [1.82, 2.24) is 5.32 Å². The van der Waals surface area contributed by atoms with Gasteiger partial charge in [-0.05, 0) is 31.5 Å². The van der Waals surface area contributed by atoms with E-state index in [-0.39, 0.29) is 24.9 Å². The molecule has 0 fully saturated rings. The lowest BCUT2D eigenvalue weighted by molar-refractivity contribution is -0.139. The summed E-state index contributed by atoms with van der Waals surface area (Å²) in [5.41, 5.74) is 2.36. The fourth-order valence-electron chi connectivity index (χ4n) is 2.45. The SMILES string of the molecule is CCOC(=O)C1=C(C)NC(=O)C[C@@H]1c1ccc(C#N)cc1. The molecule has 1 N–H and O–H groups in total. The number of carbonyl (C=O) groups is 2. The first kappa shape index (κ1) is 14.8. The van der Waals surface area contributed by atoms with Gasteiger partial charge in [0.1, 0.15) is 0 Å². The average molecular weight is 284 g/mol. The van der Waals surface area contributed by atoms with Gasteiger partial charge in [0.25, 0.3) is 0 Å². The lowest BCUT2D eigenvalue weighted by Crippen LogP contribution is -2.34. The van der Waals surface area contributed by atoms with Crippen molar-refractivity contribution in [2.75, 3.05) is 6.61 Å². The summed E-state index contributed by atoms with van der Waals surface area (Å²) >= 11 is 0. The maximum Gasteiger partial charge on any atom is 0.336 e. The third kappa shape index (κ3) is 3.11. The Balaban J connectivity index is 2.42. The van der Waals surface area contributed by atoms with Crippen LogP contribution in [0.3, 0.4) is 0 Å². The van der Waals surface area contributed by atoms with Crippen LogP contribution in [0.5, 0.6) is 0 Å². The number of rotatable bonds is 3. The van der Waals surface area contributed by atoms with Gasteiger partial charge in [-0.3, -0.25) is 4.79 Å². The summed E-state index contributed by atoms with van der Waals surface area (Å²) in [7, 11) is 0. The van der Waals surface area contributed by atoms with E-state index < -0.39 is 5.97 Å². The van der Waals surface area contributed by atoms with E-state index >= 15 is 0 Å². The molecular weight excluding hydrogens is 268 g/mol. The maximum absolute atomic E-state index is 12.1. The third-order valence-electron chi connectivity index (χ3n) is 3.41. The van der Waals surface area contributed by atoms with Crippen LogP contribution >= 0.6 is 0 Å². The third-order valence-corrected chi connectivity index (χ3v) is 3.41. The standard InChI is InChI=1S/C16H16N2O3/c1-3-21-16(20)15-10(2)18-14(19)8-13(15)12-6-4-11(9-17)5-7-12/h4-7,13H,3,8H2,1-2H3,(H,18,19)/t13-/m1/s1. The largest absolute Gasteiger partial charge is 0.463 e. The van der Waals surface area contributed by atoms with Crippen LogP contribution in [0.4, 0.5) is 0 Å². The number of ether oxygens (including phenoxy) is 1. The minimum Gasteiger partial charge on any atom is -0.463 e. The minimum atomic E-state index is -0.413. The maximum atomic E-state index is 12.1. The van der Waals surface area contributed by atoms with Gasteiger partial charge >= 0.3 is 5.97 Å². The highest BCUT2D eigenvalue weighted by Crippen LogP contribution is 2.33. The number of nitriles is 1. The monoisotopic (exact) mass is 284 g/mol. The number of hydrogen-bond donors (Lipinski definition) is 1. The Kier molecular flexibility index (Phi) is 4.39. The Morgan fingerprint density at radius 1 is 1.43 bits per heavy atom. The molecule has 1 atom stereocenters. The van der Waals surface area contributed by atoms with Crippen LogP contribution in [0.15, 0.2) is 35.5 Å². The van der Waals surface area contributed by atoms with Crippen LogP contribution in [-0.2, 0) is 14.3 Å². The summed E-state index contributed by atoms with van der Waals surface area (Å²) in [6.07, 6.45) is 0.192. The zero-order valence-electron chi connectivity index (χ0n) is 12.0. The van der Waals surface area contributed by atoms with Crippen molar-refractivity contribution < 1.29 is 14.3 Å². The number of nitrogens with zero attached hydrogens (tertiary/aromatic N) is 1. The summed E-state index contributed by atoms with van der Waals surface area (Å²) in [5, 5.41) is 11.5. The molecule has 1 amide bonds. The van der Waals surface area contributed by atoms with E-state index in [1.165, 1.54) is 0 Å². The van der Waals surface area contributed by atoms with Crippen LogP contribution in [-0.4, -0.2) is 18.5 Å². The van der Waals surface area contributed by atoms with Crippen molar-refractivity contribution in [1.29, 1.82) is 5.26 Å². The predicted octanol–water partition coefficient (Wildman–Crippen LogP) is 2.00. The molecule has 1 aliphatic rings. The predicted molar refractivity (Wildman–Crippen MR) is 76.0 cm³/mol. The van der Waals surface area contributed by atoms with Crippen molar-refractivity contribution in [3.63, 3.8) is 0 Å².